The number of nitrogens with one attached hydrogen (secondary N) is 1. The molecule has 0 bridgehead atoms. The van der Waals surface area contributed by atoms with E-state index in [4.69, 9.17) is 0 Å². The summed E-state index contributed by atoms with van der Waals surface area (Å²) in [5.74, 6) is 1.35. The summed E-state index contributed by atoms with van der Waals surface area (Å²) in [5, 5.41) is 3.19. The monoisotopic (exact) mass is 361 g/mol. The summed E-state index contributed by atoms with van der Waals surface area (Å²) in [6.07, 6.45) is 0. The van der Waals surface area contributed by atoms with Crippen molar-refractivity contribution in [2.24, 2.45) is 0 Å². The molecule has 0 aliphatic heterocycles. The molecule has 0 aliphatic carbocycles. The summed E-state index contributed by atoms with van der Waals surface area (Å²) in [6.45, 7) is 2.08. The van der Waals surface area contributed by atoms with Gasteiger partial charge >= 0.3 is 0 Å². The third kappa shape index (κ3) is 5.24. The summed E-state index contributed by atoms with van der Waals surface area (Å²) in [7, 11) is 0. The van der Waals surface area contributed by atoms with E-state index >= 15 is 0 Å². The van der Waals surface area contributed by atoms with Gasteiger partial charge in [0.15, 0.2) is 0 Å². The smallest absolute Gasteiger partial charge is 0.230 e. The van der Waals surface area contributed by atoms with Gasteiger partial charge in [0.05, 0.1) is 11.8 Å². The zero-order valence-corrected chi connectivity index (χ0v) is 15.7. The van der Waals surface area contributed by atoms with Crippen LogP contribution in [0.3, 0.4) is 0 Å². The summed E-state index contributed by atoms with van der Waals surface area (Å²) >= 11 is 1.64. The lowest BCUT2D eigenvalue weighted by atomic mass is 9.99. The minimum Gasteiger partial charge on any atom is -0.344 e. The molecule has 132 valence electrons. The highest BCUT2D eigenvalue weighted by Crippen LogP contribution is 2.22. The molecule has 1 amide bonds. The predicted molar refractivity (Wildman–Crippen MR) is 110 cm³/mol. The van der Waals surface area contributed by atoms with Crippen LogP contribution in [0.15, 0.2) is 84.9 Å². The molecule has 3 aromatic carbocycles. The maximum Gasteiger partial charge on any atom is 0.230 e. The first-order chi connectivity index (χ1) is 12.7. The van der Waals surface area contributed by atoms with E-state index in [-0.39, 0.29) is 11.9 Å². The average Bonchev–Trinajstić information content (AvgIpc) is 2.69. The normalized spacial score (nSPS) is 10.7. The Hall–Kier alpha value is -2.52. The Morgan fingerprint density at radius 1 is 0.846 bits per heavy atom. The average molecular weight is 362 g/mol. The van der Waals surface area contributed by atoms with Gasteiger partial charge in [-0.15, -0.1) is 11.8 Å². The molecule has 3 rings (SSSR count). The van der Waals surface area contributed by atoms with E-state index in [1.807, 2.05) is 36.4 Å². The van der Waals surface area contributed by atoms with Gasteiger partial charge in [0.1, 0.15) is 0 Å². The van der Waals surface area contributed by atoms with Crippen LogP contribution in [0.4, 0.5) is 0 Å². The van der Waals surface area contributed by atoms with Crippen LogP contribution in [-0.2, 0) is 10.5 Å². The molecule has 2 nitrogen and oxygen atoms in total. The maximum atomic E-state index is 12.5. The van der Waals surface area contributed by atoms with Crippen LogP contribution in [0, 0.1) is 6.92 Å². The van der Waals surface area contributed by atoms with Crippen molar-refractivity contribution in [3.63, 3.8) is 0 Å². The summed E-state index contributed by atoms with van der Waals surface area (Å²) in [6, 6.07) is 28.5. The largest absolute Gasteiger partial charge is 0.344 e. The number of carbonyl (C=O) groups is 1. The quantitative estimate of drug-likeness (QED) is 0.632. The molecule has 0 unspecified atom stereocenters. The van der Waals surface area contributed by atoms with E-state index in [0.717, 1.165) is 16.9 Å². The number of rotatable bonds is 7. The SMILES string of the molecule is Cc1ccc(CSCC(=O)NC(c2ccccc2)c2ccccc2)cc1. The minimum absolute atomic E-state index is 0.0554. The maximum absolute atomic E-state index is 12.5. The van der Waals surface area contributed by atoms with E-state index < -0.39 is 0 Å². The second kappa shape index (κ2) is 9.25. The van der Waals surface area contributed by atoms with E-state index in [2.05, 4.69) is 60.8 Å². The molecule has 0 heterocycles. The molecule has 26 heavy (non-hydrogen) atoms. The number of amides is 1. The fraction of sp³-hybridized carbons (Fsp3) is 0.174. The van der Waals surface area contributed by atoms with E-state index in [0.29, 0.717) is 5.75 Å². The highest BCUT2D eigenvalue weighted by molar-refractivity contribution is 7.99. The molecule has 0 aromatic heterocycles. The molecule has 0 saturated heterocycles. The van der Waals surface area contributed by atoms with Gasteiger partial charge in [-0.2, -0.15) is 0 Å². The van der Waals surface area contributed by atoms with Crippen LogP contribution in [-0.4, -0.2) is 11.7 Å². The highest BCUT2D eigenvalue weighted by atomic mass is 32.2. The summed E-state index contributed by atoms with van der Waals surface area (Å²) < 4.78 is 0. The van der Waals surface area contributed by atoms with Gasteiger partial charge in [0.2, 0.25) is 5.91 Å². The fourth-order valence-electron chi connectivity index (χ4n) is 2.80. The minimum atomic E-state index is -0.120. The molecule has 0 saturated carbocycles. The number of hydrogen-bond acceptors (Lipinski definition) is 2. The van der Waals surface area contributed by atoms with Crippen molar-refractivity contribution < 1.29 is 4.79 Å². The second-order valence-corrected chi connectivity index (χ2v) is 7.29. The predicted octanol–water partition coefficient (Wildman–Crippen LogP) is 5.13. The first-order valence-corrected chi connectivity index (χ1v) is 9.90. The van der Waals surface area contributed by atoms with Crippen molar-refractivity contribution in [3.05, 3.63) is 107 Å². The van der Waals surface area contributed by atoms with Crippen LogP contribution in [0.5, 0.6) is 0 Å². The second-order valence-electron chi connectivity index (χ2n) is 6.30. The molecule has 0 spiro atoms. The van der Waals surface area contributed by atoms with Crippen LogP contribution in [0.2, 0.25) is 0 Å². The van der Waals surface area contributed by atoms with Crippen LogP contribution >= 0.6 is 11.8 Å². The number of carbonyl (C=O) groups excluding carboxylic acids is 1. The third-order valence-electron chi connectivity index (χ3n) is 4.19. The van der Waals surface area contributed by atoms with Gasteiger partial charge in [-0.1, -0.05) is 90.5 Å². The molecule has 0 atom stereocenters. The zero-order chi connectivity index (χ0) is 18.2. The number of benzene rings is 3. The van der Waals surface area contributed by atoms with Crippen molar-refractivity contribution in [2.45, 2.75) is 18.7 Å². The molecule has 0 fully saturated rings. The van der Waals surface area contributed by atoms with Crippen LogP contribution in [0.1, 0.15) is 28.3 Å². The molecular formula is C23H23NOS. The molecule has 1 N–H and O–H groups in total. The lowest BCUT2D eigenvalue weighted by Crippen LogP contribution is -2.30. The van der Waals surface area contributed by atoms with Gasteiger partial charge in [0.25, 0.3) is 0 Å². The Labute approximate surface area is 159 Å². The van der Waals surface area contributed by atoms with Gasteiger partial charge < -0.3 is 5.32 Å². The molecule has 3 aromatic rings. The topological polar surface area (TPSA) is 29.1 Å². The van der Waals surface area contributed by atoms with E-state index in [1.54, 1.807) is 11.8 Å². The van der Waals surface area contributed by atoms with Crippen molar-refractivity contribution >= 4 is 17.7 Å². The van der Waals surface area contributed by atoms with Crippen LogP contribution < -0.4 is 5.32 Å². The number of aryl methyl sites for hydroxylation is 1. The van der Waals surface area contributed by atoms with Gasteiger partial charge in [-0.05, 0) is 23.6 Å². The molecule has 0 radical (unpaired) electrons. The Kier molecular flexibility index (Phi) is 6.50. The molecule has 3 heteroatoms. The summed E-state index contributed by atoms with van der Waals surface area (Å²) in [4.78, 5) is 12.5. The van der Waals surface area contributed by atoms with Gasteiger partial charge in [0, 0.05) is 5.75 Å². The Balaban J connectivity index is 1.61. The standard InChI is InChI=1S/C23H23NOS/c1-18-12-14-19(15-13-18)16-26-17-22(25)24-23(20-8-4-2-5-9-20)21-10-6-3-7-11-21/h2-15,23H,16-17H2,1H3,(H,24,25). The van der Waals surface area contributed by atoms with Crippen molar-refractivity contribution in [2.75, 3.05) is 5.75 Å². The zero-order valence-electron chi connectivity index (χ0n) is 14.9. The highest BCUT2D eigenvalue weighted by Gasteiger charge is 2.16. The first kappa shape index (κ1) is 18.3. The summed E-state index contributed by atoms with van der Waals surface area (Å²) in [5.41, 5.74) is 4.69. The molecule has 0 aliphatic rings. The Morgan fingerprint density at radius 2 is 1.38 bits per heavy atom. The fourth-order valence-corrected chi connectivity index (χ4v) is 3.60. The van der Waals surface area contributed by atoms with Gasteiger partial charge in [-0.25, -0.2) is 0 Å². The number of hydrogen-bond donors (Lipinski definition) is 1. The van der Waals surface area contributed by atoms with E-state index in [9.17, 15) is 4.79 Å². The van der Waals surface area contributed by atoms with Crippen LogP contribution in [0.25, 0.3) is 0 Å². The van der Waals surface area contributed by atoms with Crippen molar-refractivity contribution in [1.29, 1.82) is 0 Å². The Bertz CT molecular complexity index is 776. The lowest BCUT2D eigenvalue weighted by Gasteiger charge is -2.20. The van der Waals surface area contributed by atoms with Crippen molar-refractivity contribution in [1.82, 2.24) is 5.32 Å². The van der Waals surface area contributed by atoms with E-state index in [1.165, 1.54) is 11.1 Å². The third-order valence-corrected chi connectivity index (χ3v) is 5.20. The molecular weight excluding hydrogens is 338 g/mol. The Morgan fingerprint density at radius 3 is 1.92 bits per heavy atom. The first-order valence-electron chi connectivity index (χ1n) is 8.75. The van der Waals surface area contributed by atoms with Gasteiger partial charge in [-0.3, -0.25) is 4.79 Å². The number of thioether (sulfide) groups is 1. The lowest BCUT2D eigenvalue weighted by molar-refractivity contribution is -0.119. The van der Waals surface area contributed by atoms with Crippen molar-refractivity contribution in [3.8, 4) is 0 Å².